The maximum atomic E-state index is 9.35. The molecule has 0 bridgehead atoms. The molecule has 0 fully saturated rings. The van der Waals surface area contributed by atoms with Crippen molar-refractivity contribution in [3.05, 3.63) is 70.9 Å². The lowest BCUT2D eigenvalue weighted by atomic mass is 10.0. The third-order valence-corrected chi connectivity index (χ3v) is 4.07. The predicted molar refractivity (Wildman–Crippen MR) is 103 cm³/mol. The molecule has 6 heteroatoms. The molecule has 0 aromatic heterocycles. The molecule has 1 unspecified atom stereocenters. The number of nitrogens with one attached hydrogen (secondary N) is 3. The first-order valence-electron chi connectivity index (χ1n) is 8.12. The topological polar surface area (TPSA) is 96.0 Å². The quantitative estimate of drug-likeness (QED) is 0.740. The molecule has 1 aliphatic rings. The van der Waals surface area contributed by atoms with Crippen molar-refractivity contribution < 1.29 is 0 Å². The second kappa shape index (κ2) is 7.00. The van der Waals surface area contributed by atoms with Crippen LogP contribution in [0.3, 0.4) is 0 Å². The van der Waals surface area contributed by atoms with Crippen molar-refractivity contribution in [3.63, 3.8) is 0 Å². The van der Waals surface area contributed by atoms with Gasteiger partial charge in [-0.25, -0.2) is 4.99 Å². The van der Waals surface area contributed by atoms with Crippen LogP contribution in [0.15, 0.2) is 53.7 Å². The van der Waals surface area contributed by atoms with E-state index in [2.05, 4.69) is 33.1 Å². The van der Waals surface area contributed by atoms with Gasteiger partial charge in [-0.15, -0.1) is 0 Å². The molecule has 0 radical (unpaired) electrons. The van der Waals surface area contributed by atoms with E-state index in [4.69, 9.17) is 5.26 Å². The van der Waals surface area contributed by atoms with E-state index < -0.39 is 5.91 Å². The van der Waals surface area contributed by atoms with Gasteiger partial charge >= 0.3 is 0 Å². The summed E-state index contributed by atoms with van der Waals surface area (Å²) in [5.41, 5.74) is 4.53. The normalized spacial score (nSPS) is 17.7. The van der Waals surface area contributed by atoms with Crippen LogP contribution in [0.4, 0.5) is 11.4 Å². The molecule has 1 heterocycles. The standard InChI is InChI=1S/C20H18N6/c1-14-10-16(12-21)11-15(2)19(14)26-20(23-8-5-9-24-20)25-18-7-4-3-6-17(18)13-22/h3-11,23,25-26H,1-2H3. The number of anilines is 2. The van der Waals surface area contributed by atoms with E-state index in [1.165, 1.54) is 0 Å². The SMILES string of the molecule is Cc1cc(C#N)cc(C)c1NC1(Nc2ccccc2C#N)N=CC=CN1. The number of nitrogens with zero attached hydrogens (tertiary/aromatic N) is 3. The van der Waals surface area contributed by atoms with Crippen LogP contribution in [0.5, 0.6) is 0 Å². The zero-order valence-corrected chi connectivity index (χ0v) is 14.5. The average molecular weight is 342 g/mol. The number of nitriles is 2. The first-order valence-corrected chi connectivity index (χ1v) is 8.12. The van der Waals surface area contributed by atoms with Crippen molar-refractivity contribution in [2.45, 2.75) is 19.8 Å². The highest BCUT2D eigenvalue weighted by molar-refractivity contribution is 5.74. The maximum Gasteiger partial charge on any atom is 0.287 e. The van der Waals surface area contributed by atoms with Crippen molar-refractivity contribution >= 4 is 17.6 Å². The summed E-state index contributed by atoms with van der Waals surface area (Å²) < 4.78 is 0. The monoisotopic (exact) mass is 342 g/mol. The Morgan fingerprint density at radius 1 is 1.04 bits per heavy atom. The highest BCUT2D eigenvalue weighted by Gasteiger charge is 2.30. The maximum absolute atomic E-state index is 9.35. The van der Waals surface area contributed by atoms with Gasteiger partial charge in [-0.05, 0) is 55.3 Å². The van der Waals surface area contributed by atoms with Crippen molar-refractivity contribution in [1.29, 1.82) is 10.5 Å². The number of hydrogen-bond donors (Lipinski definition) is 3. The van der Waals surface area contributed by atoms with Crippen LogP contribution in [0, 0.1) is 36.5 Å². The van der Waals surface area contributed by atoms with Crippen LogP contribution in [-0.2, 0) is 0 Å². The van der Waals surface area contributed by atoms with Crippen LogP contribution in [-0.4, -0.2) is 12.1 Å². The van der Waals surface area contributed by atoms with Crippen LogP contribution >= 0.6 is 0 Å². The Labute approximate surface area is 152 Å². The van der Waals surface area contributed by atoms with Gasteiger partial charge in [0.15, 0.2) is 0 Å². The molecular weight excluding hydrogens is 324 g/mol. The number of rotatable bonds is 4. The van der Waals surface area contributed by atoms with E-state index in [0.29, 0.717) is 16.8 Å². The van der Waals surface area contributed by atoms with Crippen molar-refractivity contribution in [3.8, 4) is 12.1 Å². The molecule has 0 saturated carbocycles. The molecular formula is C20H18N6. The third-order valence-electron chi connectivity index (χ3n) is 4.07. The molecule has 2 aromatic rings. The zero-order valence-electron chi connectivity index (χ0n) is 14.5. The molecule has 2 aromatic carbocycles. The summed E-state index contributed by atoms with van der Waals surface area (Å²) in [7, 11) is 0. The summed E-state index contributed by atoms with van der Waals surface area (Å²) in [4.78, 5) is 4.53. The Kier molecular flexibility index (Phi) is 4.59. The molecule has 26 heavy (non-hydrogen) atoms. The van der Waals surface area contributed by atoms with E-state index in [1.807, 2.05) is 44.2 Å². The average Bonchev–Trinajstić information content (AvgIpc) is 2.66. The lowest BCUT2D eigenvalue weighted by Gasteiger charge is -2.36. The molecule has 0 amide bonds. The second-order valence-electron chi connectivity index (χ2n) is 6.00. The van der Waals surface area contributed by atoms with Crippen LogP contribution in [0.1, 0.15) is 22.3 Å². The zero-order chi connectivity index (χ0) is 18.6. The summed E-state index contributed by atoms with van der Waals surface area (Å²) >= 11 is 0. The molecule has 0 saturated heterocycles. The number of hydrogen-bond acceptors (Lipinski definition) is 6. The molecule has 3 N–H and O–H groups in total. The van der Waals surface area contributed by atoms with E-state index in [-0.39, 0.29) is 0 Å². The van der Waals surface area contributed by atoms with E-state index in [0.717, 1.165) is 16.8 Å². The Morgan fingerprint density at radius 3 is 2.38 bits per heavy atom. The number of para-hydroxylation sites is 1. The van der Waals surface area contributed by atoms with Gasteiger partial charge in [0, 0.05) is 18.1 Å². The lowest BCUT2D eigenvalue weighted by Crippen LogP contribution is -2.56. The third kappa shape index (κ3) is 3.35. The second-order valence-corrected chi connectivity index (χ2v) is 6.00. The highest BCUT2D eigenvalue weighted by atomic mass is 15.5. The summed E-state index contributed by atoms with van der Waals surface area (Å²) in [6, 6.07) is 15.3. The molecule has 0 aliphatic carbocycles. The minimum Gasteiger partial charge on any atom is -0.333 e. The van der Waals surface area contributed by atoms with Gasteiger partial charge in [-0.2, -0.15) is 10.5 Å². The fraction of sp³-hybridized carbons (Fsp3) is 0.150. The molecule has 3 rings (SSSR count). The van der Waals surface area contributed by atoms with Crippen LogP contribution in [0.2, 0.25) is 0 Å². The summed E-state index contributed by atoms with van der Waals surface area (Å²) in [6.07, 6.45) is 5.24. The highest BCUT2D eigenvalue weighted by Crippen LogP contribution is 2.27. The Hall–Kier alpha value is -3.77. The fourth-order valence-electron chi connectivity index (χ4n) is 2.86. The molecule has 1 aliphatic heterocycles. The molecule has 128 valence electrons. The Bertz CT molecular complexity index is 954. The van der Waals surface area contributed by atoms with Crippen LogP contribution in [0.25, 0.3) is 0 Å². The van der Waals surface area contributed by atoms with Gasteiger partial charge in [0.1, 0.15) is 6.07 Å². The first kappa shape index (κ1) is 17.1. The Morgan fingerprint density at radius 2 is 1.77 bits per heavy atom. The minimum atomic E-state index is -1.05. The Balaban J connectivity index is 2.00. The molecule has 0 spiro atoms. The van der Waals surface area contributed by atoms with E-state index >= 15 is 0 Å². The van der Waals surface area contributed by atoms with Gasteiger partial charge < -0.3 is 16.0 Å². The number of aryl methyl sites for hydroxylation is 2. The van der Waals surface area contributed by atoms with Gasteiger partial charge in [0.2, 0.25) is 0 Å². The summed E-state index contributed by atoms with van der Waals surface area (Å²) in [5.74, 6) is -1.05. The molecule has 6 nitrogen and oxygen atoms in total. The van der Waals surface area contributed by atoms with E-state index in [1.54, 1.807) is 24.6 Å². The van der Waals surface area contributed by atoms with Gasteiger partial charge in [0.05, 0.1) is 22.9 Å². The molecule has 1 atom stereocenters. The summed E-state index contributed by atoms with van der Waals surface area (Å²) in [5, 5.41) is 28.4. The lowest BCUT2D eigenvalue weighted by molar-refractivity contribution is 0.495. The largest absolute Gasteiger partial charge is 0.333 e. The van der Waals surface area contributed by atoms with Crippen molar-refractivity contribution in [1.82, 2.24) is 5.32 Å². The summed E-state index contributed by atoms with van der Waals surface area (Å²) in [6.45, 7) is 3.88. The number of aliphatic imine (C=N–C) groups is 1. The van der Waals surface area contributed by atoms with Crippen LogP contribution < -0.4 is 16.0 Å². The van der Waals surface area contributed by atoms with Gasteiger partial charge in [-0.1, -0.05) is 12.1 Å². The fourth-order valence-corrected chi connectivity index (χ4v) is 2.86. The first-order chi connectivity index (χ1) is 12.6. The predicted octanol–water partition coefficient (Wildman–Crippen LogP) is 3.37. The smallest absolute Gasteiger partial charge is 0.287 e. The number of allylic oxidation sites excluding steroid dienone is 1. The van der Waals surface area contributed by atoms with Gasteiger partial charge in [0.25, 0.3) is 5.91 Å². The van der Waals surface area contributed by atoms with Crippen molar-refractivity contribution in [2.24, 2.45) is 4.99 Å². The minimum absolute atomic E-state index is 0.522. The van der Waals surface area contributed by atoms with Crippen molar-refractivity contribution in [2.75, 3.05) is 10.6 Å². The van der Waals surface area contributed by atoms with Gasteiger partial charge in [-0.3, -0.25) is 0 Å². The number of benzene rings is 2. The van der Waals surface area contributed by atoms with E-state index in [9.17, 15) is 5.26 Å².